The summed E-state index contributed by atoms with van der Waals surface area (Å²) >= 11 is 6.32. The van der Waals surface area contributed by atoms with E-state index in [0.29, 0.717) is 16.4 Å². The van der Waals surface area contributed by atoms with Gasteiger partial charge in [0.25, 0.3) is 0 Å². The van der Waals surface area contributed by atoms with Crippen LogP contribution in [0.25, 0.3) is 6.08 Å². The van der Waals surface area contributed by atoms with E-state index in [2.05, 4.69) is 15.7 Å². The van der Waals surface area contributed by atoms with Gasteiger partial charge in [-0.3, -0.25) is 14.3 Å². The molecule has 0 spiro atoms. The van der Waals surface area contributed by atoms with E-state index in [9.17, 15) is 9.59 Å². The van der Waals surface area contributed by atoms with Gasteiger partial charge in [-0.1, -0.05) is 41.4 Å². The van der Waals surface area contributed by atoms with Gasteiger partial charge in [0.1, 0.15) is 6.04 Å². The molecule has 2 N–H and O–H groups in total. The molecule has 7 heteroatoms. The van der Waals surface area contributed by atoms with Gasteiger partial charge in [-0.25, -0.2) is 0 Å². The third kappa shape index (κ3) is 5.83. The molecule has 1 heterocycles. The number of rotatable bonds is 6. The van der Waals surface area contributed by atoms with Crippen molar-refractivity contribution >= 4 is 40.9 Å². The Labute approximate surface area is 186 Å². The second-order valence-electron chi connectivity index (χ2n) is 7.46. The third-order valence-electron chi connectivity index (χ3n) is 4.79. The van der Waals surface area contributed by atoms with Crippen molar-refractivity contribution in [3.8, 4) is 0 Å². The molecule has 0 saturated heterocycles. The lowest BCUT2D eigenvalue weighted by atomic mass is 10.1. The SMILES string of the molecule is Cc1ccc(/C=C/C(=O)Nc2ccc(NC(=O)C(C)n3nc(C)cc3C)c(Cl)c2)cc1. The summed E-state index contributed by atoms with van der Waals surface area (Å²) in [4.78, 5) is 24.8. The summed E-state index contributed by atoms with van der Waals surface area (Å²) in [5.74, 6) is -0.502. The number of aromatic nitrogens is 2. The van der Waals surface area contributed by atoms with Crippen LogP contribution in [0.15, 0.2) is 54.6 Å². The summed E-state index contributed by atoms with van der Waals surface area (Å²) in [5.41, 5.74) is 4.86. The van der Waals surface area contributed by atoms with E-state index in [1.54, 1.807) is 35.9 Å². The van der Waals surface area contributed by atoms with Crippen LogP contribution in [-0.2, 0) is 9.59 Å². The molecular formula is C24H25ClN4O2. The number of anilines is 2. The highest BCUT2D eigenvalue weighted by molar-refractivity contribution is 6.34. The van der Waals surface area contributed by atoms with E-state index in [0.717, 1.165) is 22.5 Å². The quantitative estimate of drug-likeness (QED) is 0.514. The van der Waals surface area contributed by atoms with E-state index in [-0.39, 0.29) is 11.8 Å². The maximum atomic E-state index is 12.6. The molecule has 6 nitrogen and oxygen atoms in total. The molecule has 0 fully saturated rings. The van der Waals surface area contributed by atoms with Gasteiger partial charge in [0.15, 0.2) is 0 Å². The zero-order valence-electron chi connectivity index (χ0n) is 17.9. The van der Waals surface area contributed by atoms with Crippen LogP contribution >= 0.6 is 11.6 Å². The first-order valence-electron chi connectivity index (χ1n) is 9.92. The fraction of sp³-hybridized carbons (Fsp3) is 0.208. The number of carbonyl (C=O) groups is 2. The molecule has 0 radical (unpaired) electrons. The van der Waals surface area contributed by atoms with Gasteiger partial charge in [-0.2, -0.15) is 5.10 Å². The summed E-state index contributed by atoms with van der Waals surface area (Å²) in [5, 5.41) is 10.3. The van der Waals surface area contributed by atoms with Crippen molar-refractivity contribution in [1.29, 1.82) is 0 Å². The van der Waals surface area contributed by atoms with E-state index >= 15 is 0 Å². The van der Waals surface area contributed by atoms with E-state index in [1.165, 1.54) is 6.08 Å². The summed E-state index contributed by atoms with van der Waals surface area (Å²) < 4.78 is 1.67. The molecule has 0 saturated carbocycles. The van der Waals surface area contributed by atoms with Crippen molar-refractivity contribution in [3.05, 3.63) is 82.1 Å². The van der Waals surface area contributed by atoms with Crippen LogP contribution in [0.3, 0.4) is 0 Å². The van der Waals surface area contributed by atoms with Crippen molar-refractivity contribution in [2.45, 2.75) is 33.7 Å². The van der Waals surface area contributed by atoms with Gasteiger partial charge < -0.3 is 10.6 Å². The molecule has 31 heavy (non-hydrogen) atoms. The van der Waals surface area contributed by atoms with Crippen molar-refractivity contribution in [2.24, 2.45) is 0 Å². The Morgan fingerprint density at radius 1 is 1.03 bits per heavy atom. The minimum absolute atomic E-state index is 0.231. The van der Waals surface area contributed by atoms with Gasteiger partial charge in [0.05, 0.1) is 16.4 Å². The van der Waals surface area contributed by atoms with Crippen LogP contribution in [0.5, 0.6) is 0 Å². The number of nitrogens with zero attached hydrogens (tertiary/aromatic N) is 2. The Morgan fingerprint density at radius 2 is 1.74 bits per heavy atom. The number of amides is 2. The highest BCUT2D eigenvalue weighted by Gasteiger charge is 2.19. The number of benzene rings is 2. The Bertz CT molecular complexity index is 1130. The van der Waals surface area contributed by atoms with Crippen LogP contribution in [0.4, 0.5) is 11.4 Å². The lowest BCUT2D eigenvalue weighted by Gasteiger charge is -2.15. The minimum Gasteiger partial charge on any atom is -0.323 e. The molecule has 2 aromatic carbocycles. The first-order chi connectivity index (χ1) is 14.7. The molecule has 3 aromatic rings. The molecule has 0 aliphatic rings. The minimum atomic E-state index is -0.490. The Kier molecular flexibility index (Phi) is 6.92. The van der Waals surface area contributed by atoms with Crippen molar-refractivity contribution < 1.29 is 9.59 Å². The van der Waals surface area contributed by atoms with Crippen molar-refractivity contribution in [3.63, 3.8) is 0 Å². The molecule has 3 rings (SSSR count). The first kappa shape index (κ1) is 22.3. The van der Waals surface area contributed by atoms with Crippen LogP contribution in [0.1, 0.15) is 35.5 Å². The first-order valence-corrected chi connectivity index (χ1v) is 10.3. The Morgan fingerprint density at radius 3 is 2.35 bits per heavy atom. The second-order valence-corrected chi connectivity index (χ2v) is 7.87. The van der Waals surface area contributed by atoms with Gasteiger partial charge >= 0.3 is 0 Å². The van der Waals surface area contributed by atoms with Gasteiger partial charge in [-0.05, 0) is 63.6 Å². The van der Waals surface area contributed by atoms with Crippen molar-refractivity contribution in [2.75, 3.05) is 10.6 Å². The molecule has 2 amide bonds. The highest BCUT2D eigenvalue weighted by Crippen LogP contribution is 2.26. The summed E-state index contributed by atoms with van der Waals surface area (Å²) in [6, 6.07) is 14.2. The Balaban J connectivity index is 1.62. The lowest BCUT2D eigenvalue weighted by Crippen LogP contribution is -2.25. The number of nitrogens with one attached hydrogen (secondary N) is 2. The van der Waals surface area contributed by atoms with E-state index < -0.39 is 6.04 Å². The monoisotopic (exact) mass is 436 g/mol. The topological polar surface area (TPSA) is 76.0 Å². The molecule has 0 aliphatic carbocycles. The predicted octanol–water partition coefficient (Wildman–Crippen LogP) is 5.31. The lowest BCUT2D eigenvalue weighted by molar-refractivity contribution is -0.119. The molecule has 1 aromatic heterocycles. The molecule has 0 bridgehead atoms. The summed E-state index contributed by atoms with van der Waals surface area (Å²) in [6.45, 7) is 7.57. The molecular weight excluding hydrogens is 412 g/mol. The predicted molar refractivity (Wildman–Crippen MR) is 125 cm³/mol. The maximum Gasteiger partial charge on any atom is 0.248 e. The van der Waals surface area contributed by atoms with Crippen LogP contribution in [0, 0.1) is 20.8 Å². The Hall–Kier alpha value is -3.38. The number of hydrogen-bond acceptors (Lipinski definition) is 3. The number of hydrogen-bond donors (Lipinski definition) is 2. The second kappa shape index (κ2) is 9.62. The molecule has 160 valence electrons. The standard InChI is InChI=1S/C24H25ClN4O2/c1-15-5-7-19(8-6-15)9-12-23(30)26-20-10-11-22(21(25)14-20)27-24(31)18(4)29-17(3)13-16(2)28-29/h5-14,18H,1-4H3,(H,26,30)(H,27,31)/b12-9+. The van der Waals surface area contributed by atoms with E-state index in [1.807, 2.05) is 51.1 Å². The smallest absolute Gasteiger partial charge is 0.248 e. The molecule has 1 atom stereocenters. The number of aryl methyl sites for hydroxylation is 3. The van der Waals surface area contributed by atoms with Gasteiger partial charge in [0.2, 0.25) is 11.8 Å². The summed E-state index contributed by atoms with van der Waals surface area (Å²) in [7, 11) is 0. The third-order valence-corrected chi connectivity index (χ3v) is 5.10. The average molecular weight is 437 g/mol. The average Bonchev–Trinajstić information content (AvgIpc) is 3.07. The zero-order chi connectivity index (χ0) is 22.5. The fourth-order valence-corrected chi connectivity index (χ4v) is 3.34. The largest absolute Gasteiger partial charge is 0.323 e. The van der Waals surface area contributed by atoms with Gasteiger partial charge in [-0.15, -0.1) is 0 Å². The maximum absolute atomic E-state index is 12.6. The van der Waals surface area contributed by atoms with Crippen molar-refractivity contribution in [1.82, 2.24) is 9.78 Å². The van der Waals surface area contributed by atoms with E-state index in [4.69, 9.17) is 11.6 Å². The molecule has 0 aliphatic heterocycles. The fourth-order valence-electron chi connectivity index (χ4n) is 3.11. The zero-order valence-corrected chi connectivity index (χ0v) is 18.7. The number of halogens is 1. The summed E-state index contributed by atoms with van der Waals surface area (Å²) in [6.07, 6.45) is 3.20. The number of carbonyl (C=O) groups excluding carboxylic acids is 2. The van der Waals surface area contributed by atoms with Crippen LogP contribution in [0.2, 0.25) is 5.02 Å². The molecule has 1 unspecified atom stereocenters. The highest BCUT2D eigenvalue weighted by atomic mass is 35.5. The normalized spacial score (nSPS) is 12.0. The van der Waals surface area contributed by atoms with Crippen LogP contribution < -0.4 is 10.6 Å². The van der Waals surface area contributed by atoms with Crippen LogP contribution in [-0.4, -0.2) is 21.6 Å². The van der Waals surface area contributed by atoms with Gasteiger partial charge in [0, 0.05) is 17.5 Å².